The van der Waals surface area contributed by atoms with E-state index in [1.807, 2.05) is 6.92 Å². The van der Waals surface area contributed by atoms with Crippen molar-refractivity contribution in [1.82, 2.24) is 0 Å². The molecule has 2 unspecified atom stereocenters. The second kappa shape index (κ2) is 8.03. The van der Waals surface area contributed by atoms with Crippen LogP contribution in [0.1, 0.15) is 47.5 Å². The van der Waals surface area contributed by atoms with Gasteiger partial charge in [0.25, 0.3) is 0 Å². The summed E-state index contributed by atoms with van der Waals surface area (Å²) in [6.07, 6.45) is 17.1. The van der Waals surface area contributed by atoms with Crippen LogP contribution in [-0.2, 0) is 0 Å². The minimum Gasteiger partial charge on any atom is -0.399 e. The van der Waals surface area contributed by atoms with Crippen molar-refractivity contribution in [2.45, 2.75) is 47.5 Å². The lowest BCUT2D eigenvalue weighted by Gasteiger charge is -2.38. The van der Waals surface area contributed by atoms with Crippen LogP contribution >= 0.6 is 0 Å². The second-order valence-electron chi connectivity index (χ2n) is 6.37. The molecule has 1 aliphatic carbocycles. The SMILES string of the molecule is C=C(/C=C(C)\C=C/C)C1=CC(N)=CCC1C(C)(C=CC)CC. The molecule has 0 bridgehead atoms. The minimum atomic E-state index is 0.128. The number of nitrogens with two attached hydrogens (primary N) is 1. The maximum atomic E-state index is 6.06. The van der Waals surface area contributed by atoms with E-state index in [1.54, 1.807) is 0 Å². The van der Waals surface area contributed by atoms with Gasteiger partial charge in [-0.25, -0.2) is 0 Å². The van der Waals surface area contributed by atoms with Crippen LogP contribution in [0.2, 0.25) is 0 Å². The highest BCUT2D eigenvalue weighted by molar-refractivity contribution is 5.48. The smallest absolute Gasteiger partial charge is 0.0276 e. The van der Waals surface area contributed by atoms with E-state index in [4.69, 9.17) is 5.73 Å². The maximum Gasteiger partial charge on any atom is 0.0276 e. The fraction of sp³-hybridized carbons (Fsp3) is 0.429. The Bertz CT molecular complexity index is 554. The Kier molecular flexibility index (Phi) is 6.67. The predicted molar refractivity (Wildman–Crippen MR) is 99.4 cm³/mol. The van der Waals surface area contributed by atoms with E-state index < -0.39 is 0 Å². The number of hydrogen-bond donors (Lipinski definition) is 1. The van der Waals surface area contributed by atoms with Crippen molar-refractivity contribution in [2.24, 2.45) is 17.1 Å². The first-order valence-corrected chi connectivity index (χ1v) is 8.19. The molecule has 0 heterocycles. The Labute approximate surface area is 136 Å². The molecule has 0 saturated heterocycles. The quantitative estimate of drug-likeness (QED) is 0.483. The molecule has 1 heteroatoms. The zero-order chi connectivity index (χ0) is 16.8. The first kappa shape index (κ1) is 18.3. The topological polar surface area (TPSA) is 26.0 Å². The lowest BCUT2D eigenvalue weighted by molar-refractivity contribution is 0.284. The van der Waals surface area contributed by atoms with Gasteiger partial charge in [0.15, 0.2) is 0 Å². The van der Waals surface area contributed by atoms with Crippen molar-refractivity contribution in [3.05, 3.63) is 71.5 Å². The second-order valence-corrected chi connectivity index (χ2v) is 6.37. The van der Waals surface area contributed by atoms with Crippen LogP contribution in [0.25, 0.3) is 0 Å². The first-order valence-electron chi connectivity index (χ1n) is 8.19. The Hall–Kier alpha value is -1.76. The molecular formula is C21H31N. The molecular weight excluding hydrogens is 266 g/mol. The number of rotatable bonds is 6. The van der Waals surface area contributed by atoms with Gasteiger partial charge in [0.2, 0.25) is 0 Å². The van der Waals surface area contributed by atoms with Gasteiger partial charge in [-0.3, -0.25) is 0 Å². The molecule has 2 atom stereocenters. The summed E-state index contributed by atoms with van der Waals surface area (Å²) in [6.45, 7) is 15.1. The van der Waals surface area contributed by atoms with Gasteiger partial charge in [-0.2, -0.15) is 0 Å². The van der Waals surface area contributed by atoms with Crippen LogP contribution in [0.15, 0.2) is 71.5 Å². The molecule has 0 fully saturated rings. The molecule has 0 radical (unpaired) electrons. The van der Waals surface area contributed by atoms with Crippen LogP contribution in [-0.4, -0.2) is 0 Å². The average Bonchev–Trinajstić information content (AvgIpc) is 2.47. The van der Waals surface area contributed by atoms with Gasteiger partial charge in [0.05, 0.1) is 0 Å². The van der Waals surface area contributed by atoms with Crippen LogP contribution in [0.5, 0.6) is 0 Å². The zero-order valence-electron chi connectivity index (χ0n) is 14.8. The molecule has 2 N–H and O–H groups in total. The highest BCUT2D eigenvalue weighted by Crippen LogP contribution is 2.44. The van der Waals surface area contributed by atoms with E-state index in [0.29, 0.717) is 5.92 Å². The van der Waals surface area contributed by atoms with Gasteiger partial charge in [-0.1, -0.05) is 62.5 Å². The van der Waals surface area contributed by atoms with E-state index in [-0.39, 0.29) is 5.41 Å². The summed E-state index contributed by atoms with van der Waals surface area (Å²) >= 11 is 0. The number of hydrogen-bond acceptors (Lipinski definition) is 1. The first-order chi connectivity index (χ1) is 10.4. The standard InChI is InChI=1S/C21H31N/c1-7-10-16(4)14-17(5)19-15-18(22)11-12-20(19)21(6,9-3)13-8-2/h7-8,10-11,13-15,20H,5,9,12,22H2,1-4,6H3/b10-7-,13-8?,16-14-. The molecule has 1 aliphatic rings. The summed E-state index contributed by atoms with van der Waals surface area (Å²) in [7, 11) is 0. The monoisotopic (exact) mass is 297 g/mol. The van der Waals surface area contributed by atoms with Gasteiger partial charge >= 0.3 is 0 Å². The summed E-state index contributed by atoms with van der Waals surface area (Å²) in [6, 6.07) is 0. The molecule has 120 valence electrons. The molecule has 0 saturated carbocycles. The van der Waals surface area contributed by atoms with Crippen molar-refractivity contribution in [1.29, 1.82) is 0 Å². The van der Waals surface area contributed by atoms with Crippen LogP contribution in [0.3, 0.4) is 0 Å². The maximum absolute atomic E-state index is 6.06. The minimum absolute atomic E-state index is 0.128. The average molecular weight is 297 g/mol. The van der Waals surface area contributed by atoms with E-state index in [9.17, 15) is 0 Å². The third-order valence-corrected chi connectivity index (χ3v) is 4.59. The van der Waals surface area contributed by atoms with Crippen molar-refractivity contribution in [2.75, 3.05) is 0 Å². The van der Waals surface area contributed by atoms with E-state index in [0.717, 1.165) is 24.1 Å². The molecule has 1 rings (SSSR count). The summed E-state index contributed by atoms with van der Waals surface area (Å²) in [5, 5.41) is 0. The molecule has 22 heavy (non-hydrogen) atoms. The molecule has 0 aromatic rings. The van der Waals surface area contributed by atoms with Crippen LogP contribution in [0, 0.1) is 11.3 Å². The van der Waals surface area contributed by atoms with Crippen molar-refractivity contribution < 1.29 is 0 Å². The van der Waals surface area contributed by atoms with E-state index in [1.165, 1.54) is 11.1 Å². The fourth-order valence-electron chi connectivity index (χ4n) is 3.19. The largest absolute Gasteiger partial charge is 0.399 e. The highest BCUT2D eigenvalue weighted by Gasteiger charge is 2.34. The summed E-state index contributed by atoms with van der Waals surface area (Å²) in [4.78, 5) is 0. The lowest BCUT2D eigenvalue weighted by Crippen LogP contribution is -2.28. The van der Waals surface area contributed by atoms with Crippen molar-refractivity contribution in [3.63, 3.8) is 0 Å². The molecule has 0 aromatic heterocycles. The Morgan fingerprint density at radius 1 is 1.41 bits per heavy atom. The molecule has 1 nitrogen and oxygen atoms in total. The summed E-state index contributed by atoms with van der Waals surface area (Å²) in [5.41, 5.74) is 10.6. The van der Waals surface area contributed by atoms with E-state index in [2.05, 4.69) is 76.8 Å². The number of allylic oxidation sites excluding steroid dienone is 10. The van der Waals surface area contributed by atoms with Gasteiger partial charge in [-0.05, 0) is 62.2 Å². The highest BCUT2D eigenvalue weighted by atomic mass is 14.6. The normalized spacial score (nSPS) is 22.6. The molecule has 0 aromatic carbocycles. The fourth-order valence-corrected chi connectivity index (χ4v) is 3.19. The third-order valence-electron chi connectivity index (χ3n) is 4.59. The van der Waals surface area contributed by atoms with Gasteiger partial charge in [0, 0.05) is 5.70 Å². The van der Waals surface area contributed by atoms with Crippen molar-refractivity contribution in [3.8, 4) is 0 Å². The Balaban J connectivity index is 3.23. The van der Waals surface area contributed by atoms with Crippen LogP contribution < -0.4 is 5.73 Å². The summed E-state index contributed by atoms with van der Waals surface area (Å²) in [5.74, 6) is 0.420. The molecule has 0 amide bonds. The Morgan fingerprint density at radius 2 is 2.09 bits per heavy atom. The van der Waals surface area contributed by atoms with E-state index >= 15 is 0 Å². The lowest BCUT2D eigenvalue weighted by atomic mass is 9.66. The molecule has 0 aliphatic heterocycles. The van der Waals surface area contributed by atoms with Gasteiger partial charge in [0.1, 0.15) is 0 Å². The van der Waals surface area contributed by atoms with Gasteiger partial charge in [-0.15, -0.1) is 0 Å². The van der Waals surface area contributed by atoms with Gasteiger partial charge < -0.3 is 5.73 Å². The van der Waals surface area contributed by atoms with Crippen molar-refractivity contribution >= 4 is 0 Å². The Morgan fingerprint density at radius 3 is 2.64 bits per heavy atom. The predicted octanol–water partition coefficient (Wildman–Crippen LogP) is 5.85. The summed E-state index contributed by atoms with van der Waals surface area (Å²) < 4.78 is 0. The van der Waals surface area contributed by atoms with Crippen LogP contribution in [0.4, 0.5) is 0 Å². The molecule has 0 spiro atoms. The third kappa shape index (κ3) is 4.37. The zero-order valence-corrected chi connectivity index (χ0v) is 14.8.